The molecular formula is C21H18F2N2O2. The largest absolute Gasteiger partial charge is 0.497 e. The Labute approximate surface area is 155 Å². The van der Waals surface area contributed by atoms with E-state index >= 15 is 0 Å². The molecule has 0 saturated heterocycles. The van der Waals surface area contributed by atoms with Crippen LogP contribution in [0.4, 0.5) is 8.78 Å². The number of aryl methyl sites for hydroxylation is 1. The second-order valence-electron chi connectivity index (χ2n) is 6.01. The molecule has 1 aromatic heterocycles. The molecule has 4 nitrogen and oxygen atoms in total. The number of nitrogens with zero attached hydrogens (tertiary/aromatic N) is 1. The average Bonchev–Trinajstić information content (AvgIpc) is 2.70. The smallest absolute Gasteiger partial charge is 0.258 e. The lowest BCUT2D eigenvalue weighted by molar-refractivity contribution is 0.0934. The quantitative estimate of drug-likeness (QED) is 0.734. The van der Waals surface area contributed by atoms with E-state index in [9.17, 15) is 13.6 Å². The molecule has 1 atom stereocenters. The first-order valence-corrected chi connectivity index (χ1v) is 8.30. The van der Waals surface area contributed by atoms with Gasteiger partial charge in [0.2, 0.25) is 0 Å². The van der Waals surface area contributed by atoms with Crippen LogP contribution in [0.3, 0.4) is 0 Å². The normalized spacial score (nSPS) is 11.7. The predicted octanol–water partition coefficient (Wildman–Crippen LogP) is 4.20. The zero-order valence-electron chi connectivity index (χ0n) is 14.9. The molecule has 1 N–H and O–H groups in total. The monoisotopic (exact) mass is 368 g/mol. The maximum atomic E-state index is 14.3. The fourth-order valence-corrected chi connectivity index (χ4v) is 2.78. The predicted molar refractivity (Wildman–Crippen MR) is 97.6 cm³/mol. The van der Waals surface area contributed by atoms with E-state index in [4.69, 9.17) is 4.74 Å². The Bertz CT molecular complexity index is 944. The van der Waals surface area contributed by atoms with Crippen molar-refractivity contribution < 1.29 is 18.3 Å². The van der Waals surface area contributed by atoms with Crippen molar-refractivity contribution in [2.75, 3.05) is 7.11 Å². The number of carbonyl (C=O) groups is 1. The molecule has 0 aliphatic heterocycles. The van der Waals surface area contributed by atoms with Crippen molar-refractivity contribution >= 4 is 5.91 Å². The summed E-state index contributed by atoms with van der Waals surface area (Å²) < 4.78 is 33.6. The van der Waals surface area contributed by atoms with E-state index in [1.165, 1.54) is 13.0 Å². The maximum Gasteiger partial charge on any atom is 0.258 e. The molecule has 2 aromatic carbocycles. The van der Waals surface area contributed by atoms with Gasteiger partial charge < -0.3 is 10.1 Å². The van der Waals surface area contributed by atoms with Gasteiger partial charge in [0.1, 0.15) is 22.9 Å². The van der Waals surface area contributed by atoms with Gasteiger partial charge in [0.25, 0.3) is 5.91 Å². The lowest BCUT2D eigenvalue weighted by atomic mass is 9.98. The fourth-order valence-electron chi connectivity index (χ4n) is 2.78. The van der Waals surface area contributed by atoms with Crippen molar-refractivity contribution in [3.05, 3.63) is 94.8 Å². The van der Waals surface area contributed by atoms with Crippen molar-refractivity contribution in [2.24, 2.45) is 0 Å². The minimum atomic E-state index is -0.904. The molecule has 1 amide bonds. The lowest BCUT2D eigenvalue weighted by Crippen LogP contribution is -2.31. The standard InChI is InChI=1S/C21H18F2N2O2/c1-13-3-8-17(22)18(19(13)23)21(26)25-20(15-9-11-24-12-10-15)14-4-6-16(27-2)7-5-14/h3-12,20H,1-2H3,(H,25,26)/t20-/m0/s1. The summed E-state index contributed by atoms with van der Waals surface area (Å²) in [5.41, 5.74) is 1.08. The van der Waals surface area contributed by atoms with Crippen molar-refractivity contribution in [2.45, 2.75) is 13.0 Å². The van der Waals surface area contributed by atoms with Crippen LogP contribution in [-0.4, -0.2) is 18.0 Å². The first-order valence-electron chi connectivity index (χ1n) is 8.30. The number of ether oxygens (including phenoxy) is 1. The number of aromatic nitrogens is 1. The van der Waals surface area contributed by atoms with E-state index in [1.54, 1.807) is 55.9 Å². The highest BCUT2D eigenvalue weighted by molar-refractivity contribution is 5.95. The molecule has 0 radical (unpaired) electrons. The Morgan fingerprint density at radius 3 is 2.26 bits per heavy atom. The third-order valence-corrected chi connectivity index (χ3v) is 4.28. The number of methoxy groups -OCH3 is 1. The number of rotatable bonds is 5. The maximum absolute atomic E-state index is 14.3. The first kappa shape index (κ1) is 18.5. The van der Waals surface area contributed by atoms with Crippen LogP contribution in [0.25, 0.3) is 0 Å². The van der Waals surface area contributed by atoms with Crippen molar-refractivity contribution in [1.82, 2.24) is 10.3 Å². The van der Waals surface area contributed by atoms with E-state index in [-0.39, 0.29) is 5.56 Å². The number of pyridine rings is 1. The van der Waals surface area contributed by atoms with Gasteiger partial charge in [0.05, 0.1) is 13.2 Å². The molecule has 0 aliphatic rings. The highest BCUT2D eigenvalue weighted by Crippen LogP contribution is 2.25. The molecule has 0 aliphatic carbocycles. The topological polar surface area (TPSA) is 51.2 Å². The lowest BCUT2D eigenvalue weighted by Gasteiger charge is -2.20. The van der Waals surface area contributed by atoms with Crippen LogP contribution in [0.1, 0.15) is 33.1 Å². The van der Waals surface area contributed by atoms with E-state index in [2.05, 4.69) is 10.3 Å². The van der Waals surface area contributed by atoms with Crippen LogP contribution >= 0.6 is 0 Å². The van der Waals surface area contributed by atoms with Crippen molar-refractivity contribution in [3.63, 3.8) is 0 Å². The van der Waals surface area contributed by atoms with E-state index in [1.807, 2.05) is 0 Å². The molecule has 0 unspecified atom stereocenters. The van der Waals surface area contributed by atoms with Gasteiger partial charge in [0, 0.05) is 12.4 Å². The van der Waals surface area contributed by atoms with Gasteiger partial charge in [-0.15, -0.1) is 0 Å². The minimum Gasteiger partial charge on any atom is -0.497 e. The Hall–Kier alpha value is -3.28. The minimum absolute atomic E-state index is 0.200. The number of hydrogen-bond donors (Lipinski definition) is 1. The molecule has 3 aromatic rings. The molecule has 0 spiro atoms. The average molecular weight is 368 g/mol. The summed E-state index contributed by atoms with van der Waals surface area (Å²) in [6, 6.07) is 12.3. The molecule has 1 heterocycles. The number of hydrogen-bond acceptors (Lipinski definition) is 3. The molecule has 6 heteroatoms. The van der Waals surface area contributed by atoms with E-state index in [0.29, 0.717) is 5.75 Å². The van der Waals surface area contributed by atoms with Gasteiger partial charge in [0.15, 0.2) is 0 Å². The van der Waals surface area contributed by atoms with Gasteiger partial charge in [-0.25, -0.2) is 8.78 Å². The highest BCUT2D eigenvalue weighted by Gasteiger charge is 2.23. The zero-order valence-corrected chi connectivity index (χ0v) is 14.9. The van der Waals surface area contributed by atoms with Crippen LogP contribution in [0.2, 0.25) is 0 Å². The van der Waals surface area contributed by atoms with Crippen LogP contribution in [0.15, 0.2) is 60.9 Å². The molecular weight excluding hydrogens is 350 g/mol. The Morgan fingerprint density at radius 2 is 1.63 bits per heavy atom. The fraction of sp³-hybridized carbons (Fsp3) is 0.143. The van der Waals surface area contributed by atoms with Gasteiger partial charge in [-0.1, -0.05) is 18.2 Å². The number of halogens is 2. The Kier molecular flexibility index (Phi) is 5.45. The van der Waals surface area contributed by atoms with Crippen LogP contribution in [-0.2, 0) is 0 Å². The number of carbonyl (C=O) groups excluding carboxylic acids is 1. The molecule has 0 saturated carbocycles. The number of nitrogens with one attached hydrogen (secondary N) is 1. The second-order valence-corrected chi connectivity index (χ2v) is 6.01. The van der Waals surface area contributed by atoms with Crippen molar-refractivity contribution in [1.29, 1.82) is 0 Å². The van der Waals surface area contributed by atoms with Crippen LogP contribution < -0.4 is 10.1 Å². The van der Waals surface area contributed by atoms with Gasteiger partial charge in [-0.2, -0.15) is 0 Å². The molecule has 3 rings (SSSR count). The second kappa shape index (κ2) is 7.95. The molecule has 27 heavy (non-hydrogen) atoms. The summed E-state index contributed by atoms with van der Waals surface area (Å²) in [5, 5.41) is 2.72. The third kappa shape index (κ3) is 3.95. The van der Waals surface area contributed by atoms with Crippen molar-refractivity contribution in [3.8, 4) is 5.75 Å². The van der Waals surface area contributed by atoms with Gasteiger partial charge >= 0.3 is 0 Å². The highest BCUT2D eigenvalue weighted by atomic mass is 19.1. The van der Waals surface area contributed by atoms with E-state index in [0.717, 1.165) is 17.2 Å². The summed E-state index contributed by atoms with van der Waals surface area (Å²) in [6.07, 6.45) is 3.18. The van der Waals surface area contributed by atoms with Gasteiger partial charge in [-0.3, -0.25) is 9.78 Å². The molecule has 0 bridgehead atoms. The Morgan fingerprint density at radius 1 is 1.00 bits per heavy atom. The summed E-state index contributed by atoms with van der Waals surface area (Å²) in [7, 11) is 1.56. The summed E-state index contributed by atoms with van der Waals surface area (Å²) >= 11 is 0. The summed E-state index contributed by atoms with van der Waals surface area (Å²) in [4.78, 5) is 16.7. The number of amides is 1. The SMILES string of the molecule is COc1ccc([C@H](NC(=O)c2c(F)ccc(C)c2F)c2ccncc2)cc1. The Balaban J connectivity index is 1.99. The molecule has 0 fully saturated rings. The summed E-state index contributed by atoms with van der Waals surface area (Å²) in [5.74, 6) is -1.94. The zero-order chi connectivity index (χ0) is 19.4. The van der Waals surface area contributed by atoms with Gasteiger partial charge in [-0.05, 0) is 53.9 Å². The number of benzene rings is 2. The van der Waals surface area contributed by atoms with Crippen LogP contribution in [0, 0.1) is 18.6 Å². The summed E-state index contributed by atoms with van der Waals surface area (Å²) in [6.45, 7) is 1.48. The molecule has 138 valence electrons. The first-order chi connectivity index (χ1) is 13.0. The van der Waals surface area contributed by atoms with Crippen LogP contribution in [0.5, 0.6) is 5.75 Å². The van der Waals surface area contributed by atoms with E-state index < -0.39 is 29.1 Å². The third-order valence-electron chi connectivity index (χ3n) is 4.28.